The van der Waals surface area contributed by atoms with Crippen LogP contribution < -0.4 is 4.74 Å². The minimum atomic E-state index is -0.626. The SMILES string of the molecule is COc1ccc(C(C)=NOCC(=O)N=Nc2c(O)n(CN(C)C)c3ccc(Br)cc23)cc1. The van der Waals surface area contributed by atoms with Crippen molar-refractivity contribution in [1.29, 1.82) is 0 Å². The van der Waals surface area contributed by atoms with Gasteiger partial charge in [0.25, 0.3) is 0 Å². The van der Waals surface area contributed by atoms with Crippen LogP contribution in [0.4, 0.5) is 5.69 Å². The summed E-state index contributed by atoms with van der Waals surface area (Å²) in [6, 6.07) is 12.9. The van der Waals surface area contributed by atoms with Crippen molar-refractivity contribution < 1.29 is 19.5 Å². The number of carbonyl (C=O) groups is 1. The van der Waals surface area contributed by atoms with Crippen molar-refractivity contribution >= 4 is 44.1 Å². The minimum absolute atomic E-state index is 0.0716. The van der Waals surface area contributed by atoms with Crippen molar-refractivity contribution in [3.63, 3.8) is 0 Å². The molecule has 1 N–H and O–H groups in total. The van der Waals surface area contributed by atoms with Gasteiger partial charge in [0.1, 0.15) is 5.75 Å². The fourth-order valence-corrected chi connectivity index (χ4v) is 3.39. The van der Waals surface area contributed by atoms with Crippen molar-refractivity contribution in [2.45, 2.75) is 13.6 Å². The molecule has 0 aliphatic rings. The minimum Gasteiger partial charge on any atom is -0.497 e. The number of ether oxygens (including phenoxy) is 1. The van der Waals surface area contributed by atoms with E-state index in [1.54, 1.807) is 18.6 Å². The molecule has 1 amide bonds. The predicted molar refractivity (Wildman–Crippen MR) is 126 cm³/mol. The number of hydrogen-bond donors (Lipinski definition) is 1. The van der Waals surface area contributed by atoms with Crippen LogP contribution in [0.25, 0.3) is 10.9 Å². The summed E-state index contributed by atoms with van der Waals surface area (Å²) >= 11 is 3.42. The predicted octanol–water partition coefficient (Wildman–Crippen LogP) is 4.69. The first-order valence-electron chi connectivity index (χ1n) is 9.71. The average Bonchev–Trinajstić information content (AvgIpc) is 3.02. The Morgan fingerprint density at radius 3 is 2.56 bits per heavy atom. The van der Waals surface area contributed by atoms with Crippen molar-refractivity contribution in [3.05, 3.63) is 52.5 Å². The Bertz CT molecular complexity index is 1170. The van der Waals surface area contributed by atoms with E-state index >= 15 is 0 Å². The average molecular weight is 502 g/mol. The van der Waals surface area contributed by atoms with E-state index in [0.717, 1.165) is 21.3 Å². The van der Waals surface area contributed by atoms with Gasteiger partial charge in [-0.2, -0.15) is 0 Å². The van der Waals surface area contributed by atoms with E-state index in [1.165, 1.54) is 0 Å². The number of halogens is 1. The van der Waals surface area contributed by atoms with Crippen molar-refractivity contribution in [2.24, 2.45) is 15.4 Å². The summed E-state index contributed by atoms with van der Waals surface area (Å²) < 4.78 is 7.64. The molecule has 3 rings (SSSR count). The lowest BCUT2D eigenvalue weighted by Crippen LogP contribution is -2.16. The van der Waals surface area contributed by atoms with Gasteiger partial charge < -0.3 is 14.7 Å². The maximum atomic E-state index is 12.1. The van der Waals surface area contributed by atoms with Crippen molar-refractivity contribution in [2.75, 3.05) is 27.8 Å². The zero-order valence-corrected chi connectivity index (χ0v) is 19.8. The number of oxime groups is 1. The summed E-state index contributed by atoms with van der Waals surface area (Å²) in [5, 5.41) is 23.0. The van der Waals surface area contributed by atoms with E-state index in [9.17, 15) is 9.90 Å². The van der Waals surface area contributed by atoms with E-state index in [0.29, 0.717) is 17.8 Å². The van der Waals surface area contributed by atoms with Crippen LogP contribution in [-0.4, -0.2) is 54.0 Å². The number of carbonyl (C=O) groups excluding carboxylic acids is 1. The summed E-state index contributed by atoms with van der Waals surface area (Å²) in [6.45, 7) is 1.83. The number of nitrogens with zero attached hydrogens (tertiary/aromatic N) is 5. The summed E-state index contributed by atoms with van der Waals surface area (Å²) in [5.74, 6) is 0.0390. The van der Waals surface area contributed by atoms with Gasteiger partial charge in [0.2, 0.25) is 5.88 Å². The zero-order valence-electron chi connectivity index (χ0n) is 18.2. The molecule has 2 aromatic carbocycles. The van der Waals surface area contributed by atoms with Gasteiger partial charge in [0.15, 0.2) is 12.3 Å². The Kier molecular flexibility index (Phi) is 7.60. The van der Waals surface area contributed by atoms with Crippen LogP contribution >= 0.6 is 15.9 Å². The molecule has 0 aliphatic heterocycles. The van der Waals surface area contributed by atoms with Crippen LogP contribution in [0.1, 0.15) is 12.5 Å². The normalized spacial score (nSPS) is 12.1. The maximum Gasteiger partial charge on any atom is 0.304 e. The molecule has 0 saturated heterocycles. The van der Waals surface area contributed by atoms with Gasteiger partial charge in [-0.15, -0.1) is 10.2 Å². The molecule has 3 aromatic rings. The molecular formula is C22H24BrN5O4. The Morgan fingerprint density at radius 2 is 1.91 bits per heavy atom. The van der Waals surface area contributed by atoms with Crippen LogP contribution in [0.3, 0.4) is 0 Å². The fourth-order valence-electron chi connectivity index (χ4n) is 3.02. The number of methoxy groups -OCH3 is 1. The topological polar surface area (TPSA) is 101 Å². The van der Waals surface area contributed by atoms with Gasteiger partial charge >= 0.3 is 5.91 Å². The summed E-state index contributed by atoms with van der Waals surface area (Å²) in [5.41, 5.74) is 2.43. The number of hydrogen-bond acceptors (Lipinski definition) is 7. The van der Waals surface area contributed by atoms with Crippen LogP contribution in [-0.2, 0) is 16.3 Å². The Morgan fingerprint density at radius 1 is 1.19 bits per heavy atom. The zero-order chi connectivity index (χ0) is 23.3. The number of benzene rings is 2. The lowest BCUT2D eigenvalue weighted by molar-refractivity contribution is -0.122. The van der Waals surface area contributed by atoms with Gasteiger partial charge in [0.05, 0.1) is 25.0 Å². The Balaban J connectivity index is 1.72. The highest BCUT2D eigenvalue weighted by Gasteiger charge is 2.18. The van der Waals surface area contributed by atoms with E-state index < -0.39 is 5.91 Å². The molecule has 0 aliphatic carbocycles. The van der Waals surface area contributed by atoms with Crippen LogP contribution in [0.2, 0.25) is 0 Å². The molecule has 0 spiro atoms. The second kappa shape index (κ2) is 10.4. The standard InChI is InChI=1S/C22H24BrN5O4/c1-14(15-5-8-17(31-4)9-6-15)26-32-12-20(29)24-25-21-18-11-16(23)7-10-19(18)28(22(21)30)13-27(2)3/h5-11,30H,12-13H2,1-4H3. The van der Waals surface area contributed by atoms with Gasteiger partial charge in [-0.1, -0.05) is 21.1 Å². The molecule has 168 valence electrons. The third-order valence-electron chi connectivity index (χ3n) is 4.56. The third kappa shape index (κ3) is 5.51. The van der Waals surface area contributed by atoms with E-state index in [-0.39, 0.29) is 18.2 Å². The number of rotatable bonds is 8. The van der Waals surface area contributed by atoms with Crippen LogP contribution in [0, 0.1) is 0 Å². The third-order valence-corrected chi connectivity index (χ3v) is 5.05. The quantitative estimate of drug-likeness (QED) is 0.274. The molecular weight excluding hydrogens is 478 g/mol. The molecule has 0 radical (unpaired) electrons. The first kappa shape index (κ1) is 23.4. The highest BCUT2D eigenvalue weighted by molar-refractivity contribution is 9.10. The van der Waals surface area contributed by atoms with Gasteiger partial charge in [0, 0.05) is 9.86 Å². The highest BCUT2D eigenvalue weighted by Crippen LogP contribution is 2.40. The second-order valence-electron chi connectivity index (χ2n) is 7.26. The molecule has 1 heterocycles. The van der Waals surface area contributed by atoms with Crippen LogP contribution in [0.15, 0.2) is 62.3 Å². The fraction of sp³-hybridized carbons (Fsp3) is 0.273. The second-order valence-corrected chi connectivity index (χ2v) is 8.17. The van der Waals surface area contributed by atoms with Gasteiger partial charge in [-0.05, 0) is 69.0 Å². The van der Waals surface area contributed by atoms with Gasteiger partial charge in [-0.25, -0.2) is 0 Å². The highest BCUT2D eigenvalue weighted by atomic mass is 79.9. The number of amides is 1. The molecule has 1 aromatic heterocycles. The van der Waals surface area contributed by atoms with Crippen molar-refractivity contribution in [1.82, 2.24) is 9.47 Å². The number of aromatic nitrogens is 1. The van der Waals surface area contributed by atoms with Gasteiger partial charge in [-0.3, -0.25) is 14.3 Å². The summed E-state index contributed by atoms with van der Waals surface area (Å²) in [4.78, 5) is 19.2. The van der Waals surface area contributed by atoms with Crippen molar-refractivity contribution in [3.8, 4) is 11.6 Å². The maximum absolute atomic E-state index is 12.1. The number of fused-ring (bicyclic) bond motifs is 1. The smallest absolute Gasteiger partial charge is 0.304 e. The Labute approximate surface area is 194 Å². The number of aromatic hydroxyl groups is 1. The molecule has 0 saturated carbocycles. The molecule has 0 unspecified atom stereocenters. The monoisotopic (exact) mass is 501 g/mol. The molecule has 9 nitrogen and oxygen atoms in total. The first-order chi connectivity index (χ1) is 15.3. The number of azo groups is 1. The summed E-state index contributed by atoms with van der Waals surface area (Å²) in [7, 11) is 5.37. The van der Waals surface area contributed by atoms with E-state index in [1.807, 2.05) is 61.5 Å². The largest absolute Gasteiger partial charge is 0.497 e. The van der Waals surface area contributed by atoms with E-state index in [4.69, 9.17) is 9.57 Å². The first-order valence-corrected chi connectivity index (χ1v) is 10.5. The lowest BCUT2D eigenvalue weighted by atomic mass is 10.1. The van der Waals surface area contributed by atoms with Crippen LogP contribution in [0.5, 0.6) is 11.6 Å². The van der Waals surface area contributed by atoms with E-state index in [2.05, 4.69) is 31.3 Å². The molecule has 32 heavy (non-hydrogen) atoms. The molecule has 0 fully saturated rings. The molecule has 10 heteroatoms. The Hall–Kier alpha value is -3.24. The lowest BCUT2D eigenvalue weighted by Gasteiger charge is -2.13. The molecule has 0 bridgehead atoms. The summed E-state index contributed by atoms with van der Waals surface area (Å²) in [6.07, 6.45) is 0. The molecule has 0 atom stereocenters.